The molecule has 2 aromatic rings. The fourth-order valence-electron chi connectivity index (χ4n) is 1.99. The molecule has 3 N–H and O–H groups in total. The van der Waals surface area contributed by atoms with Crippen LogP contribution in [-0.4, -0.2) is 17.5 Å². The molecule has 5 heteroatoms. The van der Waals surface area contributed by atoms with E-state index in [-0.39, 0.29) is 24.0 Å². The van der Waals surface area contributed by atoms with Crippen molar-refractivity contribution in [2.75, 3.05) is 11.9 Å². The molecule has 0 spiro atoms. The number of aromatic nitrogens is 1. The lowest BCUT2D eigenvalue weighted by molar-refractivity contribution is 0.948. The van der Waals surface area contributed by atoms with Crippen LogP contribution in [0.1, 0.15) is 16.7 Å². The molecule has 1 heterocycles. The minimum Gasteiger partial charge on any atom is -0.370 e. The van der Waals surface area contributed by atoms with Crippen molar-refractivity contribution in [1.29, 1.82) is 0 Å². The Morgan fingerprint density at radius 1 is 1.29 bits per heavy atom. The topological polar surface area (TPSA) is 63.3 Å². The van der Waals surface area contributed by atoms with Crippen LogP contribution in [-0.2, 0) is 6.42 Å². The summed E-state index contributed by atoms with van der Waals surface area (Å²) in [6.45, 7) is 4.76. The van der Waals surface area contributed by atoms with Gasteiger partial charge in [0.25, 0.3) is 0 Å². The fraction of sp³-hybridized carbons (Fsp3) is 0.250. The van der Waals surface area contributed by atoms with E-state index in [0.717, 1.165) is 12.1 Å². The molecule has 0 aliphatic heterocycles. The first-order valence-electron chi connectivity index (χ1n) is 6.68. The van der Waals surface area contributed by atoms with Crippen LogP contribution in [0.3, 0.4) is 0 Å². The maximum atomic E-state index is 5.88. The summed E-state index contributed by atoms with van der Waals surface area (Å²) in [5.41, 5.74) is 10.5. The zero-order valence-electron chi connectivity index (χ0n) is 12.3. The number of hydrogen-bond donors (Lipinski definition) is 2. The standard InChI is InChI=1S/C16H20N4.HI/c1-12-4-3-5-15(10-12)20-16(17)19-9-7-14-6-8-18-11-13(14)2;/h3-6,8,10-11H,7,9H2,1-2H3,(H3,17,19,20);1H. The van der Waals surface area contributed by atoms with Crippen LogP contribution in [0, 0.1) is 13.8 Å². The Hall–Kier alpha value is -1.63. The summed E-state index contributed by atoms with van der Waals surface area (Å²) < 4.78 is 0. The first-order chi connectivity index (χ1) is 9.65. The Kier molecular flexibility index (Phi) is 7.14. The molecule has 0 saturated carbocycles. The number of anilines is 1. The molecular formula is C16H21IN4. The molecule has 112 valence electrons. The predicted octanol–water partition coefficient (Wildman–Crippen LogP) is 3.29. The quantitative estimate of drug-likeness (QED) is 0.474. The van der Waals surface area contributed by atoms with Crippen LogP contribution in [0.5, 0.6) is 0 Å². The van der Waals surface area contributed by atoms with E-state index in [9.17, 15) is 0 Å². The van der Waals surface area contributed by atoms with Gasteiger partial charge in [-0.15, -0.1) is 24.0 Å². The van der Waals surface area contributed by atoms with Crippen molar-refractivity contribution >= 4 is 35.6 Å². The van der Waals surface area contributed by atoms with E-state index in [4.69, 9.17) is 5.73 Å². The minimum atomic E-state index is 0. The highest BCUT2D eigenvalue weighted by atomic mass is 127. The molecule has 2 rings (SSSR count). The van der Waals surface area contributed by atoms with Gasteiger partial charge in [0, 0.05) is 24.6 Å². The van der Waals surface area contributed by atoms with Crippen LogP contribution in [0.2, 0.25) is 0 Å². The van der Waals surface area contributed by atoms with E-state index in [2.05, 4.69) is 22.2 Å². The number of aliphatic imine (C=N–C) groups is 1. The maximum Gasteiger partial charge on any atom is 0.193 e. The predicted molar refractivity (Wildman–Crippen MR) is 99.4 cm³/mol. The van der Waals surface area contributed by atoms with Gasteiger partial charge in [-0.1, -0.05) is 12.1 Å². The van der Waals surface area contributed by atoms with E-state index >= 15 is 0 Å². The second-order valence-corrected chi connectivity index (χ2v) is 4.81. The lowest BCUT2D eigenvalue weighted by Gasteiger charge is -2.07. The third-order valence-electron chi connectivity index (χ3n) is 3.09. The highest BCUT2D eigenvalue weighted by molar-refractivity contribution is 14.0. The maximum absolute atomic E-state index is 5.88. The van der Waals surface area contributed by atoms with E-state index in [1.165, 1.54) is 16.7 Å². The van der Waals surface area contributed by atoms with Gasteiger partial charge in [0.15, 0.2) is 5.96 Å². The average Bonchev–Trinajstić information content (AvgIpc) is 2.41. The molecule has 0 saturated heterocycles. The van der Waals surface area contributed by atoms with Crippen molar-refractivity contribution in [3.05, 3.63) is 59.4 Å². The fourth-order valence-corrected chi connectivity index (χ4v) is 1.99. The molecule has 1 aromatic carbocycles. The highest BCUT2D eigenvalue weighted by Gasteiger charge is 1.98. The van der Waals surface area contributed by atoms with Crippen LogP contribution in [0.15, 0.2) is 47.7 Å². The first kappa shape index (κ1) is 17.4. The number of aryl methyl sites for hydroxylation is 2. The van der Waals surface area contributed by atoms with Gasteiger partial charge in [0.2, 0.25) is 0 Å². The summed E-state index contributed by atoms with van der Waals surface area (Å²) in [6.07, 6.45) is 4.54. The number of nitrogens with zero attached hydrogens (tertiary/aromatic N) is 2. The summed E-state index contributed by atoms with van der Waals surface area (Å²) in [6, 6.07) is 10.1. The van der Waals surface area contributed by atoms with Crippen LogP contribution in [0.4, 0.5) is 5.69 Å². The van der Waals surface area contributed by atoms with E-state index < -0.39 is 0 Å². The van der Waals surface area contributed by atoms with Gasteiger partial charge in [-0.3, -0.25) is 9.98 Å². The summed E-state index contributed by atoms with van der Waals surface area (Å²) >= 11 is 0. The number of nitrogens with one attached hydrogen (secondary N) is 1. The number of nitrogens with two attached hydrogens (primary N) is 1. The number of guanidine groups is 1. The number of halogens is 1. The van der Waals surface area contributed by atoms with Gasteiger partial charge in [-0.25, -0.2) is 0 Å². The van der Waals surface area contributed by atoms with Crippen molar-refractivity contribution in [2.24, 2.45) is 10.7 Å². The number of rotatable bonds is 4. The number of benzene rings is 1. The summed E-state index contributed by atoms with van der Waals surface area (Å²) in [7, 11) is 0. The molecule has 0 aliphatic carbocycles. The van der Waals surface area contributed by atoms with Crippen LogP contribution < -0.4 is 11.1 Å². The second kappa shape index (κ2) is 8.61. The SMILES string of the molecule is Cc1cccc(NC(N)=NCCc2ccncc2C)c1.I. The van der Waals surface area contributed by atoms with Crippen molar-refractivity contribution in [2.45, 2.75) is 20.3 Å². The van der Waals surface area contributed by atoms with E-state index in [0.29, 0.717) is 12.5 Å². The molecule has 21 heavy (non-hydrogen) atoms. The third kappa shape index (κ3) is 5.71. The first-order valence-corrected chi connectivity index (χ1v) is 6.68. The van der Waals surface area contributed by atoms with Gasteiger partial charge >= 0.3 is 0 Å². The number of hydrogen-bond acceptors (Lipinski definition) is 2. The number of pyridine rings is 1. The second-order valence-electron chi connectivity index (χ2n) is 4.81. The van der Waals surface area contributed by atoms with Crippen molar-refractivity contribution in [3.8, 4) is 0 Å². The zero-order valence-corrected chi connectivity index (χ0v) is 14.7. The Morgan fingerprint density at radius 2 is 2.10 bits per heavy atom. The summed E-state index contributed by atoms with van der Waals surface area (Å²) in [5, 5.41) is 3.10. The third-order valence-corrected chi connectivity index (χ3v) is 3.09. The molecule has 0 amide bonds. The molecule has 0 radical (unpaired) electrons. The van der Waals surface area contributed by atoms with Gasteiger partial charge < -0.3 is 11.1 Å². The molecule has 1 aromatic heterocycles. The highest BCUT2D eigenvalue weighted by Crippen LogP contribution is 2.09. The van der Waals surface area contributed by atoms with Crippen LogP contribution >= 0.6 is 24.0 Å². The Morgan fingerprint density at radius 3 is 2.81 bits per heavy atom. The van der Waals surface area contributed by atoms with Gasteiger partial charge in [-0.05, 0) is 55.2 Å². The lowest BCUT2D eigenvalue weighted by atomic mass is 10.1. The molecule has 0 aliphatic rings. The summed E-state index contributed by atoms with van der Waals surface area (Å²) in [5.74, 6) is 0.447. The Balaban J connectivity index is 0.00000220. The average molecular weight is 396 g/mol. The van der Waals surface area contributed by atoms with E-state index in [1.807, 2.05) is 43.5 Å². The normalized spacial score (nSPS) is 10.9. The van der Waals surface area contributed by atoms with Crippen molar-refractivity contribution < 1.29 is 0 Å². The van der Waals surface area contributed by atoms with Gasteiger partial charge in [0.1, 0.15) is 0 Å². The zero-order chi connectivity index (χ0) is 14.4. The van der Waals surface area contributed by atoms with Gasteiger partial charge in [-0.2, -0.15) is 0 Å². The Labute approximate surface area is 142 Å². The van der Waals surface area contributed by atoms with E-state index in [1.54, 1.807) is 6.20 Å². The molecular weight excluding hydrogens is 375 g/mol. The minimum absolute atomic E-state index is 0. The molecule has 0 atom stereocenters. The van der Waals surface area contributed by atoms with Crippen LogP contribution in [0.25, 0.3) is 0 Å². The molecule has 0 unspecified atom stereocenters. The largest absolute Gasteiger partial charge is 0.370 e. The molecule has 4 nitrogen and oxygen atoms in total. The van der Waals surface area contributed by atoms with Gasteiger partial charge in [0.05, 0.1) is 0 Å². The molecule has 0 bridgehead atoms. The lowest BCUT2D eigenvalue weighted by Crippen LogP contribution is -2.23. The van der Waals surface area contributed by atoms with Crippen molar-refractivity contribution in [1.82, 2.24) is 4.98 Å². The molecule has 0 fully saturated rings. The monoisotopic (exact) mass is 396 g/mol. The summed E-state index contributed by atoms with van der Waals surface area (Å²) in [4.78, 5) is 8.43. The van der Waals surface area contributed by atoms with Crippen molar-refractivity contribution in [3.63, 3.8) is 0 Å². The smallest absolute Gasteiger partial charge is 0.193 e. The Bertz CT molecular complexity index is 611.